The third-order valence-electron chi connectivity index (χ3n) is 6.62. The molecule has 4 aromatic carbocycles. The smallest absolute Gasteiger partial charge is 0.343 e. The molecular formula is C34H37N5O3. The van der Waals surface area contributed by atoms with Crippen LogP contribution in [0.25, 0.3) is 0 Å². The molecule has 0 aliphatic carbocycles. The number of unbranched alkanes of at least 4 members (excludes halogenated alkanes) is 1. The number of azo groups is 2. The zero-order valence-electron chi connectivity index (χ0n) is 24.7. The van der Waals surface area contributed by atoms with Gasteiger partial charge in [-0.3, -0.25) is 0 Å². The van der Waals surface area contributed by atoms with Crippen molar-refractivity contribution in [2.24, 2.45) is 20.5 Å². The van der Waals surface area contributed by atoms with E-state index in [1.807, 2.05) is 37.3 Å². The first-order valence-electron chi connectivity index (χ1n) is 14.3. The molecule has 0 fully saturated rings. The van der Waals surface area contributed by atoms with Crippen molar-refractivity contribution >= 4 is 34.4 Å². The lowest BCUT2D eigenvalue weighted by molar-refractivity contribution is 0.0734. The molecule has 0 aliphatic rings. The van der Waals surface area contributed by atoms with Crippen LogP contribution in [0.5, 0.6) is 11.5 Å². The Labute approximate surface area is 247 Å². The fourth-order valence-electron chi connectivity index (χ4n) is 4.13. The lowest BCUT2D eigenvalue weighted by Crippen LogP contribution is -2.21. The molecule has 0 atom stereocenters. The Hall–Kier alpha value is -4.85. The lowest BCUT2D eigenvalue weighted by Gasteiger charge is -2.20. The molecule has 8 heteroatoms. The van der Waals surface area contributed by atoms with E-state index in [4.69, 9.17) is 9.47 Å². The molecule has 0 N–H and O–H groups in total. The summed E-state index contributed by atoms with van der Waals surface area (Å²) in [6.45, 7) is 11.0. The zero-order chi connectivity index (χ0) is 29.7. The summed E-state index contributed by atoms with van der Waals surface area (Å²) in [5.74, 6) is 0.765. The van der Waals surface area contributed by atoms with Gasteiger partial charge in [0.05, 0.1) is 34.9 Å². The second kappa shape index (κ2) is 15.2. The molecule has 8 nitrogen and oxygen atoms in total. The molecule has 0 aromatic heterocycles. The maximum Gasteiger partial charge on any atom is 0.343 e. The van der Waals surface area contributed by atoms with Crippen molar-refractivity contribution in [3.8, 4) is 11.5 Å². The number of nitrogens with zero attached hydrogens (tertiary/aromatic N) is 5. The minimum absolute atomic E-state index is 0.422. The number of rotatable bonds is 13. The summed E-state index contributed by atoms with van der Waals surface area (Å²) in [4.78, 5) is 14.8. The molecule has 4 aromatic rings. The highest BCUT2D eigenvalue weighted by Gasteiger charge is 2.09. The maximum atomic E-state index is 12.6. The van der Waals surface area contributed by atoms with Gasteiger partial charge in [0.25, 0.3) is 0 Å². The number of benzene rings is 4. The highest BCUT2D eigenvalue weighted by Crippen LogP contribution is 2.28. The number of carbonyl (C=O) groups is 1. The van der Waals surface area contributed by atoms with Crippen LogP contribution in [0.4, 0.5) is 28.4 Å². The van der Waals surface area contributed by atoms with Gasteiger partial charge in [-0.15, -0.1) is 0 Å². The van der Waals surface area contributed by atoms with Crippen LogP contribution in [-0.4, -0.2) is 25.7 Å². The summed E-state index contributed by atoms with van der Waals surface area (Å²) in [7, 11) is 0. The molecule has 0 unspecified atom stereocenters. The van der Waals surface area contributed by atoms with E-state index in [9.17, 15) is 4.79 Å². The molecule has 42 heavy (non-hydrogen) atoms. The minimum atomic E-state index is -0.446. The first-order chi connectivity index (χ1) is 20.5. The van der Waals surface area contributed by atoms with E-state index in [0.29, 0.717) is 23.6 Å². The van der Waals surface area contributed by atoms with Gasteiger partial charge in [0.2, 0.25) is 0 Å². The van der Waals surface area contributed by atoms with Crippen LogP contribution in [0.3, 0.4) is 0 Å². The molecule has 0 heterocycles. The van der Waals surface area contributed by atoms with E-state index in [0.717, 1.165) is 54.3 Å². The van der Waals surface area contributed by atoms with Crippen LogP contribution in [0.1, 0.15) is 49.5 Å². The standard InChI is InChI=1S/C34H37N5O3/c1-5-8-23-41-31-18-20-32(21-19-31)42-34(40)26-9-11-27(12-10-26)36-38-33-22-15-29(24-25(33)4)37-35-28-13-16-30(17-14-28)39(6-2)7-3/h9-22,24H,5-8,23H2,1-4H3. The van der Waals surface area contributed by atoms with Gasteiger partial charge in [0.15, 0.2) is 0 Å². The highest BCUT2D eigenvalue weighted by atomic mass is 16.5. The van der Waals surface area contributed by atoms with Crippen molar-refractivity contribution in [1.29, 1.82) is 0 Å². The van der Waals surface area contributed by atoms with Crippen LogP contribution in [0.2, 0.25) is 0 Å². The quantitative estimate of drug-likeness (QED) is 0.0700. The van der Waals surface area contributed by atoms with E-state index < -0.39 is 5.97 Å². The Bertz CT molecular complexity index is 1490. The maximum absolute atomic E-state index is 12.6. The zero-order valence-corrected chi connectivity index (χ0v) is 24.7. The average molecular weight is 564 g/mol. The molecule has 0 spiro atoms. The van der Waals surface area contributed by atoms with Crippen molar-refractivity contribution < 1.29 is 14.3 Å². The average Bonchev–Trinajstić information content (AvgIpc) is 3.02. The predicted molar refractivity (Wildman–Crippen MR) is 168 cm³/mol. The van der Waals surface area contributed by atoms with E-state index in [1.165, 1.54) is 5.69 Å². The summed E-state index contributed by atoms with van der Waals surface area (Å²) >= 11 is 0. The van der Waals surface area contributed by atoms with Gasteiger partial charge in [-0.05, 0) is 124 Å². The Balaban J connectivity index is 1.32. The normalized spacial score (nSPS) is 11.2. The summed E-state index contributed by atoms with van der Waals surface area (Å²) < 4.78 is 11.1. The van der Waals surface area contributed by atoms with Gasteiger partial charge in [0.1, 0.15) is 11.5 Å². The van der Waals surface area contributed by atoms with E-state index in [2.05, 4.69) is 58.3 Å². The van der Waals surface area contributed by atoms with Crippen LogP contribution in [-0.2, 0) is 0 Å². The monoisotopic (exact) mass is 563 g/mol. The summed E-state index contributed by atoms with van der Waals surface area (Å²) in [6, 6.07) is 27.6. The van der Waals surface area contributed by atoms with Crippen molar-refractivity contribution in [2.45, 2.75) is 40.5 Å². The van der Waals surface area contributed by atoms with Gasteiger partial charge in [-0.2, -0.15) is 20.5 Å². The molecule has 216 valence electrons. The number of anilines is 1. The number of hydrogen-bond donors (Lipinski definition) is 0. The summed E-state index contributed by atoms with van der Waals surface area (Å²) in [5.41, 5.74) is 5.40. The summed E-state index contributed by atoms with van der Waals surface area (Å²) in [6.07, 6.45) is 2.07. The Morgan fingerprint density at radius 3 is 1.88 bits per heavy atom. The summed E-state index contributed by atoms with van der Waals surface area (Å²) in [5, 5.41) is 17.4. The fourth-order valence-corrected chi connectivity index (χ4v) is 4.13. The van der Waals surface area contributed by atoms with Crippen LogP contribution >= 0.6 is 0 Å². The molecule has 0 amide bonds. The Kier molecular flexibility index (Phi) is 10.9. The molecule has 0 saturated carbocycles. The number of esters is 1. The number of hydrogen-bond acceptors (Lipinski definition) is 8. The topological polar surface area (TPSA) is 88.2 Å². The predicted octanol–water partition coefficient (Wildman–Crippen LogP) is 10.1. The second-order valence-electron chi connectivity index (χ2n) is 9.67. The van der Waals surface area contributed by atoms with Crippen molar-refractivity contribution in [2.75, 3.05) is 24.6 Å². The van der Waals surface area contributed by atoms with Gasteiger partial charge in [-0.25, -0.2) is 4.79 Å². The second-order valence-corrected chi connectivity index (χ2v) is 9.67. The van der Waals surface area contributed by atoms with Gasteiger partial charge in [-0.1, -0.05) is 13.3 Å². The van der Waals surface area contributed by atoms with E-state index in [-0.39, 0.29) is 0 Å². The van der Waals surface area contributed by atoms with Crippen molar-refractivity contribution in [3.63, 3.8) is 0 Å². The van der Waals surface area contributed by atoms with Crippen molar-refractivity contribution in [3.05, 3.63) is 102 Å². The SMILES string of the molecule is CCCCOc1ccc(OC(=O)c2ccc(N=Nc3ccc(N=Nc4ccc(N(CC)CC)cc4)cc3C)cc2)cc1. The third kappa shape index (κ3) is 8.57. The molecule has 0 saturated heterocycles. The van der Waals surface area contributed by atoms with E-state index in [1.54, 1.807) is 48.5 Å². The van der Waals surface area contributed by atoms with Crippen molar-refractivity contribution in [1.82, 2.24) is 0 Å². The molecule has 0 aliphatic heterocycles. The van der Waals surface area contributed by atoms with Crippen LogP contribution < -0.4 is 14.4 Å². The molecule has 4 rings (SSSR count). The Morgan fingerprint density at radius 2 is 1.26 bits per heavy atom. The Morgan fingerprint density at radius 1 is 0.690 bits per heavy atom. The van der Waals surface area contributed by atoms with Gasteiger partial charge < -0.3 is 14.4 Å². The lowest BCUT2D eigenvalue weighted by atomic mass is 10.2. The van der Waals surface area contributed by atoms with Crippen LogP contribution in [0, 0.1) is 6.92 Å². The minimum Gasteiger partial charge on any atom is -0.494 e. The largest absolute Gasteiger partial charge is 0.494 e. The first-order valence-corrected chi connectivity index (χ1v) is 14.3. The number of carbonyl (C=O) groups excluding carboxylic acids is 1. The third-order valence-corrected chi connectivity index (χ3v) is 6.62. The molecular weight excluding hydrogens is 526 g/mol. The van der Waals surface area contributed by atoms with Gasteiger partial charge >= 0.3 is 5.97 Å². The van der Waals surface area contributed by atoms with Gasteiger partial charge in [0, 0.05) is 18.8 Å². The number of ether oxygens (including phenoxy) is 2. The molecule has 0 radical (unpaired) electrons. The van der Waals surface area contributed by atoms with Crippen LogP contribution in [0.15, 0.2) is 111 Å². The first kappa shape index (κ1) is 30.1. The fraction of sp³-hybridized carbons (Fsp3) is 0.265. The highest BCUT2D eigenvalue weighted by molar-refractivity contribution is 5.91. The van der Waals surface area contributed by atoms with E-state index >= 15 is 0 Å². The number of aryl methyl sites for hydroxylation is 1. The molecule has 0 bridgehead atoms.